The second-order valence-electron chi connectivity index (χ2n) is 4.83. The molecule has 0 saturated carbocycles. The van der Waals surface area contributed by atoms with Crippen LogP contribution in [0.25, 0.3) is 0 Å². The van der Waals surface area contributed by atoms with Gasteiger partial charge in [-0.25, -0.2) is 0 Å². The number of ether oxygens (including phenoxy) is 1. The van der Waals surface area contributed by atoms with E-state index < -0.39 is 0 Å². The first-order valence-corrected chi connectivity index (χ1v) is 6.54. The summed E-state index contributed by atoms with van der Waals surface area (Å²) in [6.07, 6.45) is 0.645. The average Bonchev–Trinajstić information content (AvgIpc) is 2.89. The van der Waals surface area contributed by atoms with E-state index in [0.717, 1.165) is 26.3 Å². The van der Waals surface area contributed by atoms with Crippen molar-refractivity contribution in [3.63, 3.8) is 0 Å². The molecule has 0 radical (unpaired) electrons. The first kappa shape index (κ1) is 13.8. The molecule has 2 aliphatic heterocycles. The van der Waals surface area contributed by atoms with Crippen LogP contribution in [0.1, 0.15) is 6.42 Å². The number of primary amides is 1. The van der Waals surface area contributed by atoms with Crippen molar-refractivity contribution >= 4 is 11.8 Å². The van der Waals surface area contributed by atoms with E-state index in [0.29, 0.717) is 26.1 Å². The molecule has 0 aromatic carbocycles. The molecule has 2 fully saturated rings. The smallest absolute Gasteiger partial charge is 0.298 e. The van der Waals surface area contributed by atoms with Crippen molar-refractivity contribution in [2.45, 2.75) is 6.42 Å². The summed E-state index contributed by atoms with van der Waals surface area (Å²) in [4.78, 5) is 26.6. The van der Waals surface area contributed by atoms with E-state index in [1.807, 2.05) is 0 Å². The Kier molecular flexibility index (Phi) is 4.77. The van der Waals surface area contributed by atoms with Crippen LogP contribution in [0.5, 0.6) is 0 Å². The highest BCUT2D eigenvalue weighted by atomic mass is 16.5. The Balaban J connectivity index is 1.76. The highest BCUT2D eigenvalue weighted by Crippen LogP contribution is 2.15. The molecular formula is C13H19N3O3. The van der Waals surface area contributed by atoms with E-state index >= 15 is 0 Å². The second-order valence-corrected chi connectivity index (χ2v) is 4.83. The van der Waals surface area contributed by atoms with Crippen LogP contribution in [0.3, 0.4) is 0 Å². The molecule has 2 amide bonds. The van der Waals surface area contributed by atoms with Gasteiger partial charge < -0.3 is 15.4 Å². The molecule has 6 heteroatoms. The number of hydrogen-bond acceptors (Lipinski definition) is 4. The van der Waals surface area contributed by atoms with Gasteiger partial charge in [-0.05, 0) is 12.3 Å². The third-order valence-corrected chi connectivity index (χ3v) is 3.48. The highest BCUT2D eigenvalue weighted by molar-refractivity contribution is 5.94. The number of likely N-dealkylation sites (tertiary alicyclic amines) is 1. The highest BCUT2D eigenvalue weighted by Gasteiger charge is 2.28. The monoisotopic (exact) mass is 265 g/mol. The lowest BCUT2D eigenvalue weighted by molar-refractivity contribution is -0.125. The predicted octanol–water partition coefficient (Wildman–Crippen LogP) is -1.34. The van der Waals surface area contributed by atoms with E-state index in [9.17, 15) is 9.59 Å². The summed E-state index contributed by atoms with van der Waals surface area (Å²) in [6.45, 7) is 4.72. The van der Waals surface area contributed by atoms with E-state index in [-0.39, 0.29) is 17.7 Å². The summed E-state index contributed by atoms with van der Waals surface area (Å²) in [5, 5.41) is 0. The van der Waals surface area contributed by atoms with Gasteiger partial charge in [-0.3, -0.25) is 14.5 Å². The Bertz CT molecular complexity index is 407. The largest absolute Gasteiger partial charge is 0.379 e. The molecule has 2 aliphatic rings. The third-order valence-electron chi connectivity index (χ3n) is 3.48. The normalized spacial score (nSPS) is 23.8. The summed E-state index contributed by atoms with van der Waals surface area (Å²) in [6, 6.07) is 0. The maximum absolute atomic E-state index is 11.8. The number of hydrogen-bond donors (Lipinski definition) is 1. The van der Waals surface area contributed by atoms with Gasteiger partial charge >= 0.3 is 0 Å². The number of morpholine rings is 1. The summed E-state index contributed by atoms with van der Waals surface area (Å²) in [5.41, 5.74) is 5.23. The lowest BCUT2D eigenvalue weighted by atomic mass is 10.1. The topological polar surface area (TPSA) is 75.9 Å². The Morgan fingerprint density at radius 1 is 1.26 bits per heavy atom. The van der Waals surface area contributed by atoms with Gasteiger partial charge in [-0.15, -0.1) is 0 Å². The SMILES string of the molecule is NC(=O)C1CCN(C(=O)C#CCN2CCOCC2)C1. The van der Waals surface area contributed by atoms with Gasteiger partial charge in [0.2, 0.25) is 5.91 Å². The first-order valence-electron chi connectivity index (χ1n) is 6.54. The Hall–Kier alpha value is -1.58. The molecule has 1 unspecified atom stereocenters. The zero-order valence-corrected chi connectivity index (χ0v) is 10.9. The van der Waals surface area contributed by atoms with Gasteiger partial charge in [0.1, 0.15) is 0 Å². The molecule has 0 bridgehead atoms. The Labute approximate surface area is 112 Å². The number of rotatable bonds is 2. The first-order chi connectivity index (χ1) is 9.16. The maximum Gasteiger partial charge on any atom is 0.298 e. The molecule has 0 aromatic heterocycles. The standard InChI is InChI=1S/C13H19N3O3/c14-13(18)11-3-5-16(10-11)12(17)2-1-4-15-6-8-19-9-7-15/h11H,3-10H2,(H2,14,18). The van der Waals surface area contributed by atoms with Crippen LogP contribution in [0.4, 0.5) is 0 Å². The molecule has 2 heterocycles. The quantitative estimate of drug-likeness (QED) is 0.627. The molecule has 6 nitrogen and oxygen atoms in total. The predicted molar refractivity (Wildman–Crippen MR) is 68.9 cm³/mol. The fourth-order valence-electron chi connectivity index (χ4n) is 2.24. The molecule has 1 atom stereocenters. The molecule has 0 spiro atoms. The average molecular weight is 265 g/mol. The molecule has 2 rings (SSSR count). The number of carbonyl (C=O) groups excluding carboxylic acids is 2. The van der Waals surface area contributed by atoms with Crippen molar-refractivity contribution in [2.75, 3.05) is 45.9 Å². The van der Waals surface area contributed by atoms with Gasteiger partial charge in [0, 0.05) is 26.2 Å². The van der Waals surface area contributed by atoms with Gasteiger partial charge in [-0.1, -0.05) is 5.92 Å². The van der Waals surface area contributed by atoms with Crippen LogP contribution in [0.2, 0.25) is 0 Å². The second kappa shape index (κ2) is 6.55. The lowest BCUT2D eigenvalue weighted by Crippen LogP contribution is -2.36. The van der Waals surface area contributed by atoms with Gasteiger partial charge in [0.15, 0.2) is 0 Å². The van der Waals surface area contributed by atoms with E-state index in [1.165, 1.54) is 0 Å². The number of carbonyl (C=O) groups is 2. The minimum atomic E-state index is -0.337. The van der Waals surface area contributed by atoms with E-state index in [2.05, 4.69) is 16.7 Å². The van der Waals surface area contributed by atoms with Crippen LogP contribution in [-0.2, 0) is 14.3 Å². The fraction of sp³-hybridized carbons (Fsp3) is 0.692. The van der Waals surface area contributed by atoms with Gasteiger partial charge in [-0.2, -0.15) is 0 Å². The van der Waals surface area contributed by atoms with Crippen LogP contribution >= 0.6 is 0 Å². The number of nitrogens with two attached hydrogens (primary N) is 1. The summed E-state index contributed by atoms with van der Waals surface area (Å²) in [5.74, 6) is 4.76. The zero-order valence-electron chi connectivity index (χ0n) is 10.9. The Morgan fingerprint density at radius 3 is 2.63 bits per heavy atom. The van der Waals surface area contributed by atoms with E-state index in [1.54, 1.807) is 4.90 Å². The van der Waals surface area contributed by atoms with Crippen LogP contribution < -0.4 is 5.73 Å². The minimum absolute atomic E-state index is 0.211. The molecule has 104 valence electrons. The molecule has 0 aromatic rings. The van der Waals surface area contributed by atoms with Crippen molar-refractivity contribution in [3.8, 4) is 11.8 Å². The van der Waals surface area contributed by atoms with Crippen molar-refractivity contribution in [1.82, 2.24) is 9.80 Å². The summed E-state index contributed by atoms with van der Waals surface area (Å²) in [7, 11) is 0. The zero-order chi connectivity index (χ0) is 13.7. The van der Waals surface area contributed by atoms with Crippen molar-refractivity contribution < 1.29 is 14.3 Å². The van der Waals surface area contributed by atoms with Gasteiger partial charge in [0.05, 0.1) is 25.7 Å². The molecule has 2 saturated heterocycles. The molecule has 2 N–H and O–H groups in total. The fourth-order valence-corrected chi connectivity index (χ4v) is 2.24. The molecule has 0 aliphatic carbocycles. The van der Waals surface area contributed by atoms with E-state index in [4.69, 9.17) is 10.5 Å². The minimum Gasteiger partial charge on any atom is -0.379 e. The van der Waals surface area contributed by atoms with Crippen LogP contribution in [-0.4, -0.2) is 67.6 Å². The summed E-state index contributed by atoms with van der Waals surface area (Å²) >= 11 is 0. The Morgan fingerprint density at radius 2 is 2.00 bits per heavy atom. The van der Waals surface area contributed by atoms with Crippen LogP contribution in [0, 0.1) is 17.8 Å². The summed E-state index contributed by atoms with van der Waals surface area (Å²) < 4.78 is 5.23. The van der Waals surface area contributed by atoms with Gasteiger partial charge in [0.25, 0.3) is 5.91 Å². The van der Waals surface area contributed by atoms with Crippen molar-refractivity contribution in [2.24, 2.45) is 11.7 Å². The van der Waals surface area contributed by atoms with Crippen LogP contribution in [0.15, 0.2) is 0 Å². The molecular weight excluding hydrogens is 246 g/mol. The van der Waals surface area contributed by atoms with Crippen molar-refractivity contribution in [1.29, 1.82) is 0 Å². The number of nitrogens with zero attached hydrogens (tertiary/aromatic N) is 2. The molecule has 19 heavy (non-hydrogen) atoms. The number of amides is 2. The lowest BCUT2D eigenvalue weighted by Gasteiger charge is -2.24. The maximum atomic E-state index is 11.8. The van der Waals surface area contributed by atoms with Crippen molar-refractivity contribution in [3.05, 3.63) is 0 Å². The third kappa shape index (κ3) is 3.94.